The molecule has 4 aromatic rings. The molecule has 0 atom stereocenters. The highest BCUT2D eigenvalue weighted by atomic mass is 35.5. The van der Waals surface area contributed by atoms with Gasteiger partial charge in [0.15, 0.2) is 0 Å². The van der Waals surface area contributed by atoms with Gasteiger partial charge in [0.2, 0.25) is 11.8 Å². The number of halogens is 1. The molecule has 0 aliphatic heterocycles. The summed E-state index contributed by atoms with van der Waals surface area (Å²) in [4.78, 5) is 4.62. The molecule has 1 aromatic heterocycles. The summed E-state index contributed by atoms with van der Waals surface area (Å²) in [6.07, 6.45) is 5.58. The van der Waals surface area contributed by atoms with E-state index in [0.717, 1.165) is 27.8 Å². The first-order valence-electron chi connectivity index (χ1n) is 9.84. The molecule has 152 valence electrons. The van der Waals surface area contributed by atoms with E-state index in [9.17, 15) is 0 Å². The first-order valence-corrected chi connectivity index (χ1v) is 10.2. The van der Waals surface area contributed by atoms with Crippen LogP contribution in [0.3, 0.4) is 0 Å². The number of ether oxygens (including phenoxy) is 2. The SMILES string of the molecule is C#Cc1ccc(Cl)c(-c2ccc(OCc3ccccc3)nc2OCc2ccccc2)c1. The number of terminal acetylenes is 1. The number of nitrogens with zero attached hydrogens (tertiary/aromatic N) is 1. The minimum absolute atomic E-state index is 0.370. The predicted octanol–water partition coefficient (Wildman–Crippen LogP) is 6.54. The molecule has 3 aromatic carbocycles. The fourth-order valence-corrected chi connectivity index (χ4v) is 3.32. The van der Waals surface area contributed by atoms with E-state index >= 15 is 0 Å². The summed E-state index contributed by atoms with van der Waals surface area (Å²) < 4.78 is 12.0. The standard InChI is InChI=1S/C27H20ClNO2/c1-2-20-13-15-25(28)24(17-20)23-14-16-26(30-18-21-9-5-3-6-10-21)29-27(23)31-19-22-11-7-4-8-12-22/h1,3-17H,18-19H2. The Labute approximate surface area is 187 Å². The average molecular weight is 426 g/mol. The fourth-order valence-electron chi connectivity index (χ4n) is 3.10. The van der Waals surface area contributed by atoms with Crippen molar-refractivity contribution in [3.63, 3.8) is 0 Å². The fraction of sp³-hybridized carbons (Fsp3) is 0.0741. The zero-order valence-electron chi connectivity index (χ0n) is 16.8. The summed E-state index contributed by atoms with van der Waals surface area (Å²) in [5.74, 6) is 3.55. The van der Waals surface area contributed by atoms with E-state index in [1.165, 1.54) is 0 Å². The van der Waals surface area contributed by atoms with E-state index < -0.39 is 0 Å². The number of benzene rings is 3. The first kappa shape index (κ1) is 20.5. The molecular formula is C27H20ClNO2. The van der Waals surface area contributed by atoms with Crippen molar-refractivity contribution in [2.75, 3.05) is 0 Å². The molecule has 0 saturated carbocycles. The maximum atomic E-state index is 6.47. The maximum absolute atomic E-state index is 6.47. The Kier molecular flexibility index (Phi) is 6.52. The Morgan fingerprint density at radius 2 is 1.39 bits per heavy atom. The lowest BCUT2D eigenvalue weighted by atomic mass is 10.0. The molecule has 0 spiro atoms. The number of pyridine rings is 1. The van der Waals surface area contributed by atoms with E-state index in [2.05, 4.69) is 10.9 Å². The van der Waals surface area contributed by atoms with Gasteiger partial charge >= 0.3 is 0 Å². The Balaban J connectivity index is 1.65. The van der Waals surface area contributed by atoms with Crippen LogP contribution >= 0.6 is 11.6 Å². The zero-order valence-corrected chi connectivity index (χ0v) is 17.5. The lowest BCUT2D eigenvalue weighted by molar-refractivity contribution is 0.268. The van der Waals surface area contributed by atoms with Gasteiger partial charge in [-0.25, -0.2) is 0 Å². The molecule has 4 heteroatoms. The van der Waals surface area contributed by atoms with E-state index in [1.54, 1.807) is 12.1 Å². The highest BCUT2D eigenvalue weighted by Crippen LogP contribution is 2.36. The summed E-state index contributed by atoms with van der Waals surface area (Å²) in [6, 6.07) is 29.0. The maximum Gasteiger partial charge on any atom is 0.225 e. The molecule has 0 saturated heterocycles. The van der Waals surface area contributed by atoms with Gasteiger partial charge in [0.1, 0.15) is 13.2 Å². The summed E-state index contributed by atoms with van der Waals surface area (Å²) in [6.45, 7) is 0.786. The molecule has 0 bridgehead atoms. The van der Waals surface area contributed by atoms with E-state index in [4.69, 9.17) is 27.5 Å². The highest BCUT2D eigenvalue weighted by molar-refractivity contribution is 6.33. The molecule has 0 radical (unpaired) electrons. The lowest BCUT2D eigenvalue weighted by Crippen LogP contribution is -2.02. The first-order chi connectivity index (χ1) is 15.2. The topological polar surface area (TPSA) is 31.4 Å². The quantitative estimate of drug-likeness (QED) is 0.315. The van der Waals surface area contributed by atoms with Crippen LogP contribution in [-0.4, -0.2) is 4.98 Å². The molecular weight excluding hydrogens is 406 g/mol. The largest absolute Gasteiger partial charge is 0.473 e. The second kappa shape index (κ2) is 9.84. The summed E-state index contributed by atoms with van der Waals surface area (Å²) in [5.41, 5.74) is 4.35. The van der Waals surface area contributed by atoms with Crippen molar-refractivity contribution in [1.29, 1.82) is 0 Å². The van der Waals surface area contributed by atoms with Gasteiger partial charge in [-0.2, -0.15) is 4.98 Å². The molecule has 0 fully saturated rings. The van der Waals surface area contributed by atoms with Gasteiger partial charge in [0, 0.05) is 27.8 Å². The van der Waals surface area contributed by atoms with Gasteiger partial charge in [-0.1, -0.05) is 78.2 Å². The van der Waals surface area contributed by atoms with Crippen molar-refractivity contribution in [1.82, 2.24) is 4.98 Å². The van der Waals surface area contributed by atoms with Gasteiger partial charge in [0.25, 0.3) is 0 Å². The number of hydrogen-bond acceptors (Lipinski definition) is 3. The Hall–Kier alpha value is -3.74. The van der Waals surface area contributed by atoms with Crippen LogP contribution < -0.4 is 9.47 Å². The van der Waals surface area contributed by atoms with Gasteiger partial charge in [-0.05, 0) is 35.4 Å². The number of rotatable bonds is 7. The molecule has 3 nitrogen and oxygen atoms in total. The van der Waals surface area contributed by atoms with Crippen LogP contribution in [0.15, 0.2) is 91.0 Å². The molecule has 0 unspecified atom stereocenters. The molecule has 4 rings (SSSR count). The Bertz CT molecular complexity index is 1200. The van der Waals surface area contributed by atoms with Gasteiger partial charge < -0.3 is 9.47 Å². The van der Waals surface area contributed by atoms with Crippen LogP contribution in [-0.2, 0) is 13.2 Å². The minimum atomic E-state index is 0.370. The van der Waals surface area contributed by atoms with E-state index in [1.807, 2.05) is 78.9 Å². The summed E-state index contributed by atoms with van der Waals surface area (Å²) in [7, 11) is 0. The third kappa shape index (κ3) is 5.25. The van der Waals surface area contributed by atoms with Crippen molar-refractivity contribution in [3.05, 3.63) is 113 Å². The average Bonchev–Trinajstić information content (AvgIpc) is 2.83. The highest BCUT2D eigenvalue weighted by Gasteiger charge is 2.14. The van der Waals surface area contributed by atoms with Crippen molar-refractivity contribution >= 4 is 11.6 Å². The summed E-state index contributed by atoms with van der Waals surface area (Å²) in [5, 5.41) is 0.573. The molecule has 0 aliphatic carbocycles. The zero-order chi connectivity index (χ0) is 21.5. The Morgan fingerprint density at radius 3 is 2.03 bits per heavy atom. The third-order valence-electron chi connectivity index (χ3n) is 4.71. The third-order valence-corrected chi connectivity index (χ3v) is 5.04. The van der Waals surface area contributed by atoms with E-state index in [0.29, 0.717) is 30.0 Å². The number of hydrogen-bond donors (Lipinski definition) is 0. The van der Waals surface area contributed by atoms with Crippen LogP contribution in [0.1, 0.15) is 16.7 Å². The van der Waals surface area contributed by atoms with Gasteiger partial charge in [-0.3, -0.25) is 0 Å². The second-order valence-electron chi connectivity index (χ2n) is 6.89. The number of aromatic nitrogens is 1. The van der Waals surface area contributed by atoms with Crippen molar-refractivity contribution in [2.24, 2.45) is 0 Å². The van der Waals surface area contributed by atoms with E-state index in [-0.39, 0.29) is 0 Å². The minimum Gasteiger partial charge on any atom is -0.473 e. The second-order valence-corrected chi connectivity index (χ2v) is 7.30. The van der Waals surface area contributed by atoms with Crippen LogP contribution in [0.2, 0.25) is 5.02 Å². The molecule has 1 heterocycles. The molecule has 31 heavy (non-hydrogen) atoms. The van der Waals surface area contributed by atoms with Crippen LogP contribution in [0, 0.1) is 12.3 Å². The lowest BCUT2D eigenvalue weighted by Gasteiger charge is -2.14. The molecule has 0 amide bonds. The van der Waals surface area contributed by atoms with Crippen molar-refractivity contribution < 1.29 is 9.47 Å². The predicted molar refractivity (Wildman–Crippen MR) is 124 cm³/mol. The normalized spacial score (nSPS) is 10.3. The smallest absolute Gasteiger partial charge is 0.225 e. The van der Waals surface area contributed by atoms with Crippen molar-refractivity contribution in [2.45, 2.75) is 13.2 Å². The monoisotopic (exact) mass is 425 g/mol. The molecule has 0 aliphatic rings. The van der Waals surface area contributed by atoms with Gasteiger partial charge in [-0.15, -0.1) is 6.42 Å². The van der Waals surface area contributed by atoms with Crippen LogP contribution in [0.25, 0.3) is 11.1 Å². The summed E-state index contributed by atoms with van der Waals surface area (Å²) >= 11 is 6.47. The van der Waals surface area contributed by atoms with Crippen molar-refractivity contribution in [3.8, 4) is 35.2 Å². The molecule has 0 N–H and O–H groups in total. The Morgan fingerprint density at radius 1 is 0.742 bits per heavy atom. The van der Waals surface area contributed by atoms with Gasteiger partial charge in [0.05, 0.1) is 0 Å². The van der Waals surface area contributed by atoms with Crippen LogP contribution in [0.4, 0.5) is 0 Å². The van der Waals surface area contributed by atoms with Crippen LogP contribution in [0.5, 0.6) is 11.8 Å².